The van der Waals surface area contributed by atoms with Crippen molar-refractivity contribution in [1.29, 1.82) is 0 Å². The second-order valence-corrected chi connectivity index (χ2v) is 7.67. The van der Waals surface area contributed by atoms with Gasteiger partial charge in [0.1, 0.15) is 14.1 Å². The molecule has 1 heterocycles. The molecule has 108 valence electrons. The first-order valence-corrected chi connectivity index (χ1v) is 8.57. The Morgan fingerprint density at radius 1 is 1.14 bits per heavy atom. The Balaban J connectivity index is 2.35. The highest BCUT2D eigenvalue weighted by Gasteiger charge is 2.12. The number of hydrogen-bond acceptors (Lipinski definition) is 3. The SMILES string of the molecule is CN(C)c1ccc2nc3cc(I)c(=[N+](C)C)cc-3sc2c1. The van der Waals surface area contributed by atoms with E-state index in [1.54, 1.807) is 11.3 Å². The van der Waals surface area contributed by atoms with E-state index < -0.39 is 0 Å². The molecule has 1 aromatic carbocycles. The van der Waals surface area contributed by atoms with Crippen LogP contribution in [0.15, 0.2) is 30.3 Å². The molecule has 0 N–H and O–H groups in total. The van der Waals surface area contributed by atoms with Crippen LogP contribution in [0.2, 0.25) is 0 Å². The lowest BCUT2D eigenvalue weighted by atomic mass is 10.2. The van der Waals surface area contributed by atoms with Crippen molar-refractivity contribution in [2.45, 2.75) is 0 Å². The average molecular weight is 410 g/mol. The van der Waals surface area contributed by atoms with Crippen molar-refractivity contribution in [3.8, 4) is 10.6 Å². The van der Waals surface area contributed by atoms with Gasteiger partial charge in [0.25, 0.3) is 0 Å². The van der Waals surface area contributed by atoms with Gasteiger partial charge >= 0.3 is 0 Å². The molecular weight excluding hydrogens is 393 g/mol. The van der Waals surface area contributed by atoms with E-state index in [0.29, 0.717) is 0 Å². The van der Waals surface area contributed by atoms with Crippen LogP contribution in [0.5, 0.6) is 0 Å². The molecule has 2 aliphatic rings. The first kappa shape index (κ1) is 14.7. The minimum Gasteiger partial charge on any atom is -0.378 e. The van der Waals surface area contributed by atoms with Crippen molar-refractivity contribution >= 4 is 49.8 Å². The largest absolute Gasteiger partial charge is 0.378 e. The van der Waals surface area contributed by atoms with Gasteiger partial charge in [0.2, 0.25) is 5.36 Å². The molecule has 0 amide bonds. The van der Waals surface area contributed by atoms with Crippen LogP contribution in [0, 0.1) is 3.57 Å². The highest BCUT2D eigenvalue weighted by Crippen LogP contribution is 2.32. The van der Waals surface area contributed by atoms with Gasteiger partial charge in [-0.1, -0.05) is 0 Å². The van der Waals surface area contributed by atoms with Crippen molar-refractivity contribution in [1.82, 2.24) is 9.56 Å². The minimum atomic E-state index is 1.06. The maximum absolute atomic E-state index is 4.81. The maximum Gasteiger partial charge on any atom is 0.214 e. The summed E-state index contributed by atoms with van der Waals surface area (Å²) in [7, 11) is 8.28. The fourth-order valence-corrected chi connectivity index (χ4v) is 4.19. The molecule has 0 atom stereocenters. The summed E-state index contributed by atoms with van der Waals surface area (Å²) in [5.74, 6) is 0. The molecule has 1 aliphatic carbocycles. The van der Waals surface area contributed by atoms with Gasteiger partial charge in [-0.15, -0.1) is 11.3 Å². The summed E-state index contributed by atoms with van der Waals surface area (Å²) < 4.78 is 4.60. The molecule has 0 saturated heterocycles. The van der Waals surface area contributed by atoms with E-state index in [1.807, 2.05) is 0 Å². The Morgan fingerprint density at radius 2 is 1.90 bits per heavy atom. The van der Waals surface area contributed by atoms with Crippen LogP contribution in [-0.4, -0.2) is 33.2 Å². The molecule has 21 heavy (non-hydrogen) atoms. The van der Waals surface area contributed by atoms with E-state index in [4.69, 9.17) is 4.98 Å². The van der Waals surface area contributed by atoms with Crippen molar-refractivity contribution in [2.24, 2.45) is 0 Å². The number of aromatic nitrogens is 1. The van der Waals surface area contributed by atoms with Crippen LogP contribution in [-0.2, 0) is 0 Å². The van der Waals surface area contributed by atoms with Gasteiger partial charge in [-0.3, -0.25) is 0 Å². The second-order valence-electron chi connectivity index (χ2n) is 5.43. The maximum atomic E-state index is 4.81. The first-order chi connectivity index (χ1) is 9.95. The lowest BCUT2D eigenvalue weighted by molar-refractivity contribution is 0.809. The van der Waals surface area contributed by atoms with Gasteiger partial charge in [0.05, 0.1) is 24.4 Å². The summed E-state index contributed by atoms with van der Waals surface area (Å²) in [6.45, 7) is 0. The molecule has 5 heteroatoms. The molecule has 1 aromatic rings. The molecular formula is C16H17IN3S+. The molecule has 0 saturated carbocycles. The Hall–Kier alpha value is -1.21. The Labute approximate surface area is 142 Å². The standard InChI is InChI=1S/C16H17IN3S/c1-19(2)10-5-6-12-15(7-10)21-16-9-14(20(3)4)11(17)8-13(16)18-12/h5-9H,1-4H3/q+1. The third-order valence-electron chi connectivity index (χ3n) is 3.43. The Bertz CT molecular complexity index is 863. The summed E-state index contributed by atoms with van der Waals surface area (Å²) in [5.41, 5.74) is 3.34. The van der Waals surface area contributed by atoms with Gasteiger partial charge in [-0.2, -0.15) is 0 Å². The zero-order chi connectivity index (χ0) is 15.1. The van der Waals surface area contributed by atoms with Crippen LogP contribution < -0.4 is 14.8 Å². The topological polar surface area (TPSA) is 19.1 Å². The van der Waals surface area contributed by atoms with Gasteiger partial charge in [0, 0.05) is 25.8 Å². The van der Waals surface area contributed by atoms with E-state index >= 15 is 0 Å². The zero-order valence-corrected chi connectivity index (χ0v) is 15.5. The summed E-state index contributed by atoms with van der Waals surface area (Å²) in [6, 6.07) is 10.8. The van der Waals surface area contributed by atoms with Crippen LogP contribution in [0.25, 0.3) is 20.8 Å². The highest BCUT2D eigenvalue weighted by molar-refractivity contribution is 14.1. The van der Waals surface area contributed by atoms with Crippen molar-refractivity contribution in [2.75, 3.05) is 33.1 Å². The monoisotopic (exact) mass is 410 g/mol. The number of rotatable bonds is 1. The van der Waals surface area contributed by atoms with E-state index in [9.17, 15) is 0 Å². The third kappa shape index (κ3) is 2.76. The third-order valence-corrected chi connectivity index (χ3v) is 5.39. The fourth-order valence-electron chi connectivity index (χ4n) is 2.25. The molecule has 0 aromatic heterocycles. The van der Waals surface area contributed by atoms with Crippen LogP contribution in [0.1, 0.15) is 0 Å². The Kier molecular flexibility index (Phi) is 3.88. The number of halogens is 1. The molecule has 0 radical (unpaired) electrons. The Morgan fingerprint density at radius 3 is 2.57 bits per heavy atom. The van der Waals surface area contributed by atoms with E-state index in [0.717, 1.165) is 11.2 Å². The predicted octanol–water partition coefficient (Wildman–Crippen LogP) is 3.10. The smallest absolute Gasteiger partial charge is 0.214 e. The molecule has 0 spiro atoms. The normalized spacial score (nSPS) is 11.1. The van der Waals surface area contributed by atoms with E-state index in [1.165, 1.54) is 24.2 Å². The number of benzene rings is 2. The van der Waals surface area contributed by atoms with Crippen LogP contribution in [0.3, 0.4) is 0 Å². The lowest BCUT2D eigenvalue weighted by Crippen LogP contribution is -2.24. The van der Waals surface area contributed by atoms with Crippen LogP contribution >= 0.6 is 33.9 Å². The molecule has 0 unspecified atom stereocenters. The molecule has 0 bridgehead atoms. The van der Waals surface area contributed by atoms with Gasteiger partial charge < -0.3 is 4.90 Å². The van der Waals surface area contributed by atoms with Gasteiger partial charge in [0.15, 0.2) is 0 Å². The number of hydrogen-bond donors (Lipinski definition) is 0. The number of nitrogens with zero attached hydrogens (tertiary/aromatic N) is 3. The average Bonchev–Trinajstić information content (AvgIpc) is 2.43. The van der Waals surface area contributed by atoms with Crippen molar-refractivity contribution < 1.29 is 0 Å². The highest BCUT2D eigenvalue weighted by atomic mass is 127. The van der Waals surface area contributed by atoms with Crippen molar-refractivity contribution in [3.63, 3.8) is 0 Å². The molecule has 3 nitrogen and oxygen atoms in total. The zero-order valence-electron chi connectivity index (χ0n) is 12.5. The lowest BCUT2D eigenvalue weighted by Gasteiger charge is -2.13. The second kappa shape index (κ2) is 5.53. The molecule has 1 aliphatic heterocycles. The summed E-state index contributed by atoms with van der Waals surface area (Å²) in [6.07, 6.45) is 0. The van der Waals surface area contributed by atoms with E-state index in [2.05, 4.69) is 90.6 Å². The number of fused-ring (bicyclic) bond motifs is 2. The summed E-state index contributed by atoms with van der Waals surface area (Å²) >= 11 is 4.18. The minimum absolute atomic E-state index is 1.06. The van der Waals surface area contributed by atoms with Gasteiger partial charge in [-0.25, -0.2) is 9.56 Å². The van der Waals surface area contributed by atoms with Crippen molar-refractivity contribution in [3.05, 3.63) is 39.3 Å². The van der Waals surface area contributed by atoms with Crippen LogP contribution in [0.4, 0.5) is 5.69 Å². The summed E-state index contributed by atoms with van der Waals surface area (Å²) in [5, 5.41) is 1.24. The fraction of sp³-hybridized carbons (Fsp3) is 0.250. The first-order valence-electron chi connectivity index (χ1n) is 6.67. The molecule has 3 rings (SSSR count). The number of anilines is 1. The molecule has 0 fully saturated rings. The predicted molar refractivity (Wildman–Crippen MR) is 100 cm³/mol. The van der Waals surface area contributed by atoms with Gasteiger partial charge in [-0.05, 0) is 46.9 Å². The quantitative estimate of drug-likeness (QED) is 0.349. The summed E-state index contributed by atoms with van der Waals surface area (Å²) in [4.78, 5) is 8.15. The van der Waals surface area contributed by atoms with E-state index in [-0.39, 0.29) is 0 Å².